The molecular formula is C20H18O10. The van der Waals surface area contributed by atoms with E-state index in [0.717, 1.165) is 12.1 Å². The Kier molecular flexibility index (Phi) is 5.00. The van der Waals surface area contributed by atoms with Crippen molar-refractivity contribution >= 4 is 11.0 Å². The first-order valence-corrected chi connectivity index (χ1v) is 8.91. The summed E-state index contributed by atoms with van der Waals surface area (Å²) in [6.07, 6.45) is -5.16. The molecular weight excluding hydrogens is 400 g/mol. The molecule has 1 aromatic heterocycles. The zero-order chi connectivity index (χ0) is 21.6. The minimum absolute atomic E-state index is 0.0244. The maximum absolute atomic E-state index is 12.5. The average Bonchev–Trinajstić information content (AvgIpc) is 2.97. The topological polar surface area (TPSA) is 170 Å². The number of hydrogen-bond donors (Lipinski definition) is 6. The van der Waals surface area contributed by atoms with Crippen LogP contribution in [0.25, 0.3) is 22.3 Å². The summed E-state index contributed by atoms with van der Waals surface area (Å²) < 4.78 is 16.4. The van der Waals surface area contributed by atoms with Crippen molar-refractivity contribution in [3.63, 3.8) is 0 Å². The molecule has 0 spiro atoms. The van der Waals surface area contributed by atoms with E-state index in [1.54, 1.807) is 0 Å². The van der Waals surface area contributed by atoms with Crippen LogP contribution in [0.3, 0.4) is 0 Å². The fourth-order valence-corrected chi connectivity index (χ4v) is 3.23. The first-order chi connectivity index (χ1) is 14.3. The highest BCUT2D eigenvalue weighted by atomic mass is 16.7. The zero-order valence-electron chi connectivity index (χ0n) is 15.3. The maximum Gasteiger partial charge on any atom is 0.229 e. The van der Waals surface area contributed by atoms with Crippen molar-refractivity contribution in [1.82, 2.24) is 0 Å². The Morgan fingerprint density at radius 2 is 1.70 bits per heavy atom. The lowest BCUT2D eigenvalue weighted by atomic mass is 10.1. The number of rotatable bonds is 4. The number of phenolic OH excluding ortho intramolecular Hbond substituents is 3. The number of aromatic hydroxyl groups is 3. The molecule has 1 saturated heterocycles. The Labute approximate surface area is 168 Å². The number of fused-ring (bicyclic) bond motifs is 1. The highest BCUT2D eigenvalue weighted by Gasteiger charge is 2.44. The van der Waals surface area contributed by atoms with Gasteiger partial charge in [0.25, 0.3) is 0 Å². The minimum atomic E-state index is -1.45. The molecule has 1 aliphatic rings. The average molecular weight is 418 g/mol. The van der Waals surface area contributed by atoms with Crippen LogP contribution in [0.1, 0.15) is 0 Å². The summed E-state index contributed by atoms with van der Waals surface area (Å²) in [5.41, 5.74) is -0.304. The van der Waals surface area contributed by atoms with Crippen LogP contribution in [-0.2, 0) is 4.74 Å². The van der Waals surface area contributed by atoms with E-state index < -0.39 is 48.1 Å². The molecule has 10 nitrogen and oxygen atoms in total. The molecule has 0 unspecified atom stereocenters. The highest BCUT2D eigenvalue weighted by Crippen LogP contribution is 2.35. The van der Waals surface area contributed by atoms with Gasteiger partial charge in [-0.05, 0) is 18.2 Å². The third kappa shape index (κ3) is 3.42. The van der Waals surface area contributed by atoms with Crippen LogP contribution in [0.4, 0.5) is 0 Å². The third-order valence-corrected chi connectivity index (χ3v) is 4.79. The SMILES string of the molecule is O=c1cc(-c2ccc(O)c(O)c2)oc2cc(O[C@@H]3O[C@H](CO)[C@H](O)[C@H]3O)cc(O)c12. The molecule has 158 valence electrons. The largest absolute Gasteiger partial charge is 0.507 e. The first kappa shape index (κ1) is 20.0. The second-order valence-electron chi connectivity index (χ2n) is 6.82. The molecule has 6 N–H and O–H groups in total. The summed E-state index contributed by atoms with van der Waals surface area (Å²) in [5, 5.41) is 58.2. The summed E-state index contributed by atoms with van der Waals surface area (Å²) in [5.74, 6) is -1.15. The van der Waals surface area contributed by atoms with Crippen LogP contribution < -0.4 is 10.2 Å². The second-order valence-corrected chi connectivity index (χ2v) is 6.82. The standard InChI is InChI=1S/C20H18O10/c21-7-16-18(26)19(27)20(30-16)28-9-4-12(24)17-13(25)6-14(29-15(17)5-9)8-1-2-10(22)11(23)3-8/h1-6,16,18-24,26-27H,7H2/t16-,18+,19-,20-/m1/s1. The van der Waals surface area contributed by atoms with Gasteiger partial charge in [0.2, 0.25) is 6.29 Å². The molecule has 3 aromatic rings. The minimum Gasteiger partial charge on any atom is -0.507 e. The van der Waals surface area contributed by atoms with Gasteiger partial charge in [-0.25, -0.2) is 0 Å². The van der Waals surface area contributed by atoms with Crippen molar-refractivity contribution in [1.29, 1.82) is 0 Å². The molecule has 0 amide bonds. The maximum atomic E-state index is 12.5. The smallest absolute Gasteiger partial charge is 0.229 e. The molecule has 0 aliphatic carbocycles. The molecule has 0 saturated carbocycles. The Morgan fingerprint density at radius 1 is 0.933 bits per heavy atom. The molecule has 2 aromatic carbocycles. The summed E-state index contributed by atoms with van der Waals surface area (Å²) in [7, 11) is 0. The predicted octanol–water partition coefficient (Wildman–Crippen LogP) is 0.395. The van der Waals surface area contributed by atoms with Crippen LogP contribution >= 0.6 is 0 Å². The van der Waals surface area contributed by atoms with E-state index in [0.29, 0.717) is 5.56 Å². The number of aliphatic hydroxyl groups is 3. The Balaban J connectivity index is 1.73. The fraction of sp³-hybridized carbons (Fsp3) is 0.250. The van der Waals surface area contributed by atoms with Gasteiger partial charge in [0.1, 0.15) is 46.5 Å². The van der Waals surface area contributed by atoms with Gasteiger partial charge < -0.3 is 44.5 Å². The Morgan fingerprint density at radius 3 is 2.37 bits per heavy atom. The lowest BCUT2D eigenvalue weighted by Gasteiger charge is -2.17. The van der Waals surface area contributed by atoms with Crippen molar-refractivity contribution in [2.75, 3.05) is 6.61 Å². The van der Waals surface area contributed by atoms with Gasteiger partial charge >= 0.3 is 0 Å². The second kappa shape index (κ2) is 7.50. The highest BCUT2D eigenvalue weighted by molar-refractivity contribution is 5.86. The molecule has 30 heavy (non-hydrogen) atoms. The molecule has 1 aliphatic heterocycles. The van der Waals surface area contributed by atoms with E-state index in [1.807, 2.05) is 0 Å². The first-order valence-electron chi connectivity index (χ1n) is 8.91. The predicted molar refractivity (Wildman–Crippen MR) is 101 cm³/mol. The lowest BCUT2D eigenvalue weighted by Crippen LogP contribution is -2.35. The van der Waals surface area contributed by atoms with Gasteiger partial charge in [-0.15, -0.1) is 0 Å². The molecule has 1 fully saturated rings. The molecule has 4 atom stereocenters. The number of phenols is 3. The van der Waals surface area contributed by atoms with Crippen LogP contribution in [0.5, 0.6) is 23.0 Å². The van der Waals surface area contributed by atoms with Crippen LogP contribution in [0.2, 0.25) is 0 Å². The number of hydrogen-bond acceptors (Lipinski definition) is 10. The van der Waals surface area contributed by atoms with Crippen molar-refractivity contribution in [2.24, 2.45) is 0 Å². The van der Waals surface area contributed by atoms with Gasteiger partial charge in [0, 0.05) is 23.8 Å². The van der Waals surface area contributed by atoms with E-state index in [1.165, 1.54) is 24.3 Å². The monoisotopic (exact) mass is 418 g/mol. The van der Waals surface area contributed by atoms with E-state index in [9.17, 15) is 30.3 Å². The zero-order valence-corrected chi connectivity index (χ0v) is 15.3. The van der Waals surface area contributed by atoms with E-state index >= 15 is 0 Å². The fourth-order valence-electron chi connectivity index (χ4n) is 3.23. The van der Waals surface area contributed by atoms with Gasteiger partial charge in [-0.1, -0.05) is 0 Å². The van der Waals surface area contributed by atoms with Crippen LogP contribution in [0, 0.1) is 0 Å². The van der Waals surface area contributed by atoms with Crippen molar-refractivity contribution in [3.05, 3.63) is 46.6 Å². The van der Waals surface area contributed by atoms with E-state index in [2.05, 4.69) is 0 Å². The summed E-state index contributed by atoms with van der Waals surface area (Å²) >= 11 is 0. The van der Waals surface area contributed by atoms with Crippen molar-refractivity contribution in [2.45, 2.75) is 24.6 Å². The summed E-state index contributed by atoms with van der Waals surface area (Å²) in [6, 6.07) is 7.40. The van der Waals surface area contributed by atoms with E-state index in [-0.39, 0.29) is 28.2 Å². The van der Waals surface area contributed by atoms with Crippen molar-refractivity contribution < 1.29 is 44.5 Å². The van der Waals surface area contributed by atoms with Crippen LogP contribution in [-0.4, -0.2) is 61.8 Å². The molecule has 0 radical (unpaired) electrons. The van der Waals surface area contributed by atoms with Crippen molar-refractivity contribution in [3.8, 4) is 34.3 Å². The van der Waals surface area contributed by atoms with E-state index in [4.69, 9.17) is 19.0 Å². The quantitative estimate of drug-likeness (QED) is 0.326. The van der Waals surface area contributed by atoms with Crippen LogP contribution in [0.15, 0.2) is 45.6 Å². The lowest BCUT2D eigenvalue weighted by molar-refractivity contribution is -0.116. The molecule has 2 heterocycles. The molecule has 0 bridgehead atoms. The summed E-state index contributed by atoms with van der Waals surface area (Å²) in [6.45, 7) is -0.529. The molecule has 4 rings (SSSR count). The Bertz CT molecular complexity index is 1150. The molecule has 10 heteroatoms. The van der Waals surface area contributed by atoms with Gasteiger partial charge in [-0.3, -0.25) is 4.79 Å². The number of aliphatic hydroxyl groups excluding tert-OH is 3. The normalized spacial score (nSPS) is 23.7. The Hall–Kier alpha value is -3.31. The number of benzene rings is 2. The number of ether oxygens (including phenoxy) is 2. The van der Waals surface area contributed by atoms with Gasteiger partial charge in [0.15, 0.2) is 16.9 Å². The van der Waals surface area contributed by atoms with Gasteiger partial charge in [0.05, 0.1) is 6.61 Å². The summed E-state index contributed by atoms with van der Waals surface area (Å²) in [4.78, 5) is 12.5. The van der Waals surface area contributed by atoms with Gasteiger partial charge in [-0.2, -0.15) is 0 Å². The third-order valence-electron chi connectivity index (χ3n) is 4.79.